The van der Waals surface area contributed by atoms with Gasteiger partial charge >= 0.3 is 6.18 Å². The molecule has 120 valence electrons. The van der Waals surface area contributed by atoms with Crippen molar-refractivity contribution < 1.29 is 13.2 Å². The number of anilines is 1. The zero-order chi connectivity index (χ0) is 16.9. The molecule has 0 spiro atoms. The van der Waals surface area contributed by atoms with Crippen molar-refractivity contribution in [3.63, 3.8) is 0 Å². The van der Waals surface area contributed by atoms with Crippen molar-refractivity contribution in [1.29, 1.82) is 5.26 Å². The van der Waals surface area contributed by atoms with Crippen LogP contribution in [0, 0.1) is 11.3 Å². The van der Waals surface area contributed by atoms with Crippen molar-refractivity contribution in [2.45, 2.75) is 24.9 Å². The Labute approximate surface area is 139 Å². The molecule has 1 aliphatic rings. The quantitative estimate of drug-likeness (QED) is 0.855. The van der Waals surface area contributed by atoms with Crippen molar-refractivity contribution in [3.8, 4) is 11.8 Å². The van der Waals surface area contributed by atoms with Crippen LogP contribution in [0.5, 0.6) is 0 Å². The number of hydrogen-bond acceptors (Lipinski definition) is 3. The molecule has 1 heterocycles. The molecule has 4 nitrogen and oxygen atoms in total. The van der Waals surface area contributed by atoms with Gasteiger partial charge in [-0.2, -0.15) is 23.5 Å². The van der Waals surface area contributed by atoms with Gasteiger partial charge in [-0.3, -0.25) is 0 Å². The zero-order valence-electron chi connectivity index (χ0n) is 11.5. The Morgan fingerprint density at radius 1 is 1.26 bits per heavy atom. The Hall–Kier alpha value is -1.91. The topological polar surface area (TPSA) is 67.6 Å². The fourth-order valence-electron chi connectivity index (χ4n) is 2.31. The van der Waals surface area contributed by atoms with E-state index in [0.717, 1.165) is 29.7 Å². The van der Waals surface area contributed by atoms with Crippen molar-refractivity contribution in [1.82, 2.24) is 9.78 Å². The van der Waals surface area contributed by atoms with Gasteiger partial charge in [-0.25, -0.2) is 4.68 Å². The summed E-state index contributed by atoms with van der Waals surface area (Å²) in [6.45, 7) is 0. The SMILES string of the molecule is N#Cc1c(C2CC2)nn(-c2c(Cl)cc(C(F)(F)F)cc2Cl)c1N. The van der Waals surface area contributed by atoms with Crippen LogP contribution in [-0.4, -0.2) is 9.78 Å². The average Bonchev–Trinajstić information content (AvgIpc) is 3.23. The first-order chi connectivity index (χ1) is 10.7. The van der Waals surface area contributed by atoms with Gasteiger partial charge in [0.25, 0.3) is 0 Å². The normalized spacial score (nSPS) is 14.8. The van der Waals surface area contributed by atoms with Crippen LogP contribution in [-0.2, 0) is 6.18 Å². The summed E-state index contributed by atoms with van der Waals surface area (Å²) in [6, 6.07) is 3.49. The summed E-state index contributed by atoms with van der Waals surface area (Å²) in [7, 11) is 0. The Bertz CT molecular complexity index is 809. The predicted octanol–water partition coefficient (Wildman–Crippen LogP) is 4.53. The first kappa shape index (κ1) is 16.0. The Morgan fingerprint density at radius 2 is 1.83 bits per heavy atom. The molecule has 0 saturated heterocycles. The van der Waals surface area contributed by atoms with Gasteiger partial charge in [0, 0.05) is 5.92 Å². The summed E-state index contributed by atoms with van der Waals surface area (Å²) in [5.74, 6) is 0.151. The van der Waals surface area contributed by atoms with Gasteiger partial charge in [-0.15, -0.1) is 0 Å². The minimum atomic E-state index is -4.57. The van der Waals surface area contributed by atoms with E-state index in [1.807, 2.05) is 6.07 Å². The van der Waals surface area contributed by atoms with Crippen LogP contribution < -0.4 is 5.73 Å². The lowest BCUT2D eigenvalue weighted by Crippen LogP contribution is -2.08. The number of hydrogen-bond donors (Lipinski definition) is 1. The Balaban J connectivity index is 2.18. The van der Waals surface area contributed by atoms with Crippen LogP contribution in [0.15, 0.2) is 12.1 Å². The van der Waals surface area contributed by atoms with E-state index in [1.54, 1.807) is 0 Å². The molecular formula is C14H9Cl2F3N4. The van der Waals surface area contributed by atoms with Crippen molar-refractivity contribution in [2.75, 3.05) is 5.73 Å². The minimum Gasteiger partial charge on any atom is -0.382 e. The van der Waals surface area contributed by atoms with E-state index in [9.17, 15) is 18.4 Å². The van der Waals surface area contributed by atoms with Crippen LogP contribution in [0.4, 0.5) is 19.0 Å². The van der Waals surface area contributed by atoms with E-state index in [-0.39, 0.29) is 33.0 Å². The molecule has 0 unspecified atom stereocenters. The van der Waals surface area contributed by atoms with Crippen LogP contribution >= 0.6 is 23.2 Å². The Kier molecular flexibility index (Phi) is 3.69. The molecular weight excluding hydrogens is 352 g/mol. The summed E-state index contributed by atoms with van der Waals surface area (Å²) >= 11 is 11.9. The highest BCUT2D eigenvalue weighted by molar-refractivity contribution is 6.38. The van der Waals surface area contributed by atoms with E-state index in [2.05, 4.69) is 5.10 Å². The maximum Gasteiger partial charge on any atom is 0.416 e. The van der Waals surface area contributed by atoms with Gasteiger partial charge in [-0.05, 0) is 25.0 Å². The zero-order valence-corrected chi connectivity index (χ0v) is 13.0. The molecule has 2 aromatic rings. The van der Waals surface area contributed by atoms with Crippen molar-refractivity contribution in [2.24, 2.45) is 0 Å². The van der Waals surface area contributed by atoms with E-state index >= 15 is 0 Å². The molecule has 1 aromatic heterocycles. The number of halogens is 5. The van der Waals surface area contributed by atoms with Crippen molar-refractivity contribution in [3.05, 3.63) is 39.0 Å². The maximum atomic E-state index is 12.8. The molecule has 2 N–H and O–H groups in total. The largest absolute Gasteiger partial charge is 0.416 e. The molecule has 0 amide bonds. The predicted molar refractivity (Wildman–Crippen MR) is 79.7 cm³/mol. The van der Waals surface area contributed by atoms with Crippen LogP contribution in [0.3, 0.4) is 0 Å². The van der Waals surface area contributed by atoms with E-state index in [0.29, 0.717) is 5.69 Å². The number of alkyl halides is 3. The van der Waals surface area contributed by atoms with Gasteiger partial charge in [-0.1, -0.05) is 23.2 Å². The molecule has 0 atom stereocenters. The third-order valence-corrected chi connectivity index (χ3v) is 4.16. The average molecular weight is 361 g/mol. The smallest absolute Gasteiger partial charge is 0.382 e. The van der Waals surface area contributed by atoms with Crippen molar-refractivity contribution >= 4 is 29.0 Å². The number of nitriles is 1. The second kappa shape index (κ2) is 5.32. The van der Waals surface area contributed by atoms with E-state index in [1.165, 1.54) is 0 Å². The summed E-state index contributed by atoms with van der Waals surface area (Å²) in [6.07, 6.45) is -2.79. The maximum absolute atomic E-state index is 12.8. The minimum absolute atomic E-state index is 0.0120. The number of nitrogens with two attached hydrogens (primary N) is 1. The van der Waals surface area contributed by atoms with Gasteiger partial charge < -0.3 is 5.73 Å². The lowest BCUT2D eigenvalue weighted by molar-refractivity contribution is -0.137. The van der Waals surface area contributed by atoms with Gasteiger partial charge in [0.2, 0.25) is 0 Å². The standard InChI is InChI=1S/C14H9Cl2F3N4/c15-9-3-7(14(17,18)19)4-10(16)12(9)23-13(21)8(5-20)11(22-23)6-1-2-6/h3-4,6H,1-2,21H2. The third-order valence-electron chi connectivity index (χ3n) is 3.58. The molecule has 1 saturated carbocycles. The number of benzene rings is 1. The van der Waals surface area contributed by atoms with E-state index < -0.39 is 11.7 Å². The Morgan fingerprint density at radius 3 is 2.26 bits per heavy atom. The highest BCUT2D eigenvalue weighted by atomic mass is 35.5. The lowest BCUT2D eigenvalue weighted by Gasteiger charge is -2.13. The summed E-state index contributed by atoms with van der Waals surface area (Å²) < 4.78 is 39.5. The highest BCUT2D eigenvalue weighted by Gasteiger charge is 2.34. The molecule has 0 bridgehead atoms. The molecule has 1 aromatic carbocycles. The first-order valence-electron chi connectivity index (χ1n) is 6.59. The summed E-state index contributed by atoms with van der Waals surface area (Å²) in [5.41, 5.74) is 5.71. The highest BCUT2D eigenvalue weighted by Crippen LogP contribution is 2.44. The van der Waals surface area contributed by atoms with Crippen LogP contribution in [0.25, 0.3) is 5.69 Å². The number of rotatable bonds is 2. The molecule has 23 heavy (non-hydrogen) atoms. The lowest BCUT2D eigenvalue weighted by atomic mass is 10.2. The van der Waals surface area contributed by atoms with Gasteiger partial charge in [0.1, 0.15) is 23.1 Å². The molecule has 3 rings (SSSR count). The third kappa shape index (κ3) is 2.73. The fraction of sp³-hybridized carbons (Fsp3) is 0.286. The number of nitrogen functional groups attached to an aromatic ring is 1. The summed E-state index contributed by atoms with van der Waals surface area (Å²) in [5, 5.41) is 13.0. The molecule has 9 heteroatoms. The number of nitrogens with zero attached hydrogens (tertiary/aromatic N) is 3. The molecule has 1 fully saturated rings. The monoisotopic (exact) mass is 360 g/mol. The van der Waals surface area contributed by atoms with Gasteiger partial charge in [0.05, 0.1) is 21.3 Å². The first-order valence-corrected chi connectivity index (χ1v) is 7.34. The van der Waals surface area contributed by atoms with Gasteiger partial charge in [0.15, 0.2) is 0 Å². The van der Waals surface area contributed by atoms with Crippen LogP contribution in [0.1, 0.15) is 35.6 Å². The number of aromatic nitrogens is 2. The summed E-state index contributed by atoms with van der Waals surface area (Å²) in [4.78, 5) is 0. The van der Waals surface area contributed by atoms with Crippen LogP contribution in [0.2, 0.25) is 10.0 Å². The molecule has 0 radical (unpaired) electrons. The van der Waals surface area contributed by atoms with E-state index in [4.69, 9.17) is 28.9 Å². The second-order valence-corrected chi connectivity index (χ2v) is 6.04. The molecule has 0 aliphatic heterocycles. The fourth-order valence-corrected chi connectivity index (χ4v) is 2.95. The molecule has 1 aliphatic carbocycles. The second-order valence-electron chi connectivity index (χ2n) is 5.23.